The topological polar surface area (TPSA) is 69.0 Å². The summed E-state index contributed by atoms with van der Waals surface area (Å²) in [6, 6.07) is 6.94. The number of aromatic nitrogens is 2. The molecule has 0 aliphatic carbocycles. The fourth-order valence-electron chi connectivity index (χ4n) is 1.73. The van der Waals surface area contributed by atoms with Gasteiger partial charge in [0.2, 0.25) is 0 Å². The zero-order chi connectivity index (χ0) is 14.8. The first-order valence-corrected chi connectivity index (χ1v) is 8.29. The van der Waals surface area contributed by atoms with Crippen LogP contribution in [0, 0.1) is 0 Å². The average molecular weight is 313 g/mol. The van der Waals surface area contributed by atoms with Gasteiger partial charge in [0.15, 0.2) is 6.29 Å². The normalized spacial score (nSPS) is 11.5. The molecule has 0 amide bonds. The Morgan fingerprint density at radius 3 is 2.50 bits per heavy atom. The van der Waals surface area contributed by atoms with Gasteiger partial charge in [0.1, 0.15) is 15.5 Å². The number of halogens is 1. The molecular weight excluding hydrogens is 300 g/mol. The second kappa shape index (κ2) is 5.76. The van der Waals surface area contributed by atoms with E-state index < -0.39 is 9.84 Å². The number of carbonyl (C=O) groups excluding carboxylic acids is 1. The number of aldehydes is 1. The zero-order valence-electron chi connectivity index (χ0n) is 10.8. The molecule has 1 heterocycles. The number of hydrogen-bond donors (Lipinski definition) is 0. The van der Waals surface area contributed by atoms with Crippen molar-refractivity contribution in [1.29, 1.82) is 0 Å². The molecule has 0 atom stereocenters. The number of hydrogen-bond acceptors (Lipinski definition) is 4. The van der Waals surface area contributed by atoms with Crippen LogP contribution in [0.4, 0.5) is 0 Å². The van der Waals surface area contributed by atoms with Crippen molar-refractivity contribution >= 4 is 27.7 Å². The van der Waals surface area contributed by atoms with E-state index in [0.29, 0.717) is 22.6 Å². The molecule has 0 saturated heterocycles. The molecule has 0 saturated carbocycles. The minimum absolute atomic E-state index is 0.0208. The van der Waals surface area contributed by atoms with Crippen LogP contribution in [0.1, 0.15) is 10.4 Å². The molecular formula is C13H13ClN2O3S. The first-order valence-electron chi connectivity index (χ1n) is 5.85. The Balaban J connectivity index is 2.31. The molecule has 106 valence electrons. The highest BCUT2D eigenvalue weighted by atomic mass is 35.5. The van der Waals surface area contributed by atoms with Crippen molar-refractivity contribution in [3.05, 3.63) is 41.0 Å². The SMILES string of the molecule is CS(=O)(=O)CCn1cc(C=O)c(-c2ccc(Cl)cc2)n1. The van der Waals surface area contributed by atoms with Crippen LogP contribution in [-0.4, -0.2) is 36.5 Å². The summed E-state index contributed by atoms with van der Waals surface area (Å²) in [6.45, 7) is 0.216. The third-order valence-electron chi connectivity index (χ3n) is 2.73. The highest BCUT2D eigenvalue weighted by Gasteiger charge is 2.12. The summed E-state index contributed by atoms with van der Waals surface area (Å²) in [4.78, 5) is 11.1. The number of aryl methyl sites for hydroxylation is 1. The van der Waals surface area contributed by atoms with Gasteiger partial charge in [0.05, 0.1) is 17.9 Å². The lowest BCUT2D eigenvalue weighted by Crippen LogP contribution is -2.11. The summed E-state index contributed by atoms with van der Waals surface area (Å²) in [7, 11) is -3.07. The number of sulfone groups is 1. The van der Waals surface area contributed by atoms with Crippen LogP contribution in [0.5, 0.6) is 0 Å². The fraction of sp³-hybridized carbons (Fsp3) is 0.231. The van der Waals surface area contributed by atoms with Gasteiger partial charge in [-0.25, -0.2) is 8.42 Å². The van der Waals surface area contributed by atoms with E-state index in [2.05, 4.69) is 5.10 Å². The van der Waals surface area contributed by atoms with Gasteiger partial charge in [0, 0.05) is 23.0 Å². The van der Waals surface area contributed by atoms with Crippen molar-refractivity contribution in [3.63, 3.8) is 0 Å². The summed E-state index contributed by atoms with van der Waals surface area (Å²) < 4.78 is 23.8. The van der Waals surface area contributed by atoms with Crippen molar-refractivity contribution in [2.45, 2.75) is 6.54 Å². The van der Waals surface area contributed by atoms with Crippen LogP contribution in [0.3, 0.4) is 0 Å². The lowest BCUT2D eigenvalue weighted by Gasteiger charge is -2.00. The molecule has 2 aromatic rings. The Labute approximate surface area is 122 Å². The first-order chi connectivity index (χ1) is 9.39. The van der Waals surface area contributed by atoms with Crippen LogP contribution in [0.15, 0.2) is 30.5 Å². The van der Waals surface area contributed by atoms with E-state index in [1.165, 1.54) is 4.68 Å². The molecule has 2 rings (SSSR count). The molecule has 1 aromatic heterocycles. The second-order valence-corrected chi connectivity index (χ2v) is 7.15. The molecule has 0 bridgehead atoms. The van der Waals surface area contributed by atoms with E-state index in [1.54, 1.807) is 30.5 Å². The van der Waals surface area contributed by atoms with Gasteiger partial charge in [-0.2, -0.15) is 5.10 Å². The predicted octanol–water partition coefficient (Wildman–Crippen LogP) is 2.06. The molecule has 0 N–H and O–H groups in total. The Kier molecular flexibility index (Phi) is 4.25. The summed E-state index contributed by atoms with van der Waals surface area (Å²) in [5, 5.41) is 4.86. The molecule has 0 unspecified atom stereocenters. The standard InChI is InChI=1S/C13H13ClN2O3S/c1-20(18,19)7-6-16-8-11(9-17)13(15-16)10-2-4-12(14)5-3-10/h2-5,8-9H,6-7H2,1H3. The van der Waals surface area contributed by atoms with E-state index in [4.69, 9.17) is 11.6 Å². The van der Waals surface area contributed by atoms with Crippen LogP contribution in [0.25, 0.3) is 11.3 Å². The summed E-state index contributed by atoms with van der Waals surface area (Å²) in [5.41, 5.74) is 1.69. The van der Waals surface area contributed by atoms with Crippen LogP contribution in [-0.2, 0) is 16.4 Å². The van der Waals surface area contributed by atoms with Gasteiger partial charge in [-0.1, -0.05) is 23.7 Å². The molecule has 0 spiro atoms. The fourth-order valence-corrected chi connectivity index (χ4v) is 2.37. The van der Waals surface area contributed by atoms with Crippen LogP contribution < -0.4 is 0 Å². The number of carbonyl (C=O) groups is 1. The van der Waals surface area contributed by atoms with Crippen molar-refractivity contribution < 1.29 is 13.2 Å². The predicted molar refractivity (Wildman–Crippen MR) is 77.8 cm³/mol. The molecule has 20 heavy (non-hydrogen) atoms. The Bertz CT molecular complexity index is 721. The molecule has 7 heteroatoms. The van der Waals surface area contributed by atoms with E-state index in [0.717, 1.165) is 11.8 Å². The smallest absolute Gasteiger partial charge is 0.153 e. The number of rotatable bonds is 5. The van der Waals surface area contributed by atoms with Crippen LogP contribution in [0.2, 0.25) is 5.02 Å². The van der Waals surface area contributed by atoms with Crippen LogP contribution >= 0.6 is 11.6 Å². The van der Waals surface area contributed by atoms with Crippen molar-refractivity contribution in [3.8, 4) is 11.3 Å². The second-order valence-electron chi connectivity index (χ2n) is 4.45. The third kappa shape index (κ3) is 3.68. The quantitative estimate of drug-likeness (QED) is 0.792. The third-order valence-corrected chi connectivity index (χ3v) is 3.90. The van der Waals surface area contributed by atoms with Gasteiger partial charge < -0.3 is 0 Å². The van der Waals surface area contributed by atoms with Crippen molar-refractivity contribution in [2.24, 2.45) is 0 Å². The highest BCUT2D eigenvalue weighted by molar-refractivity contribution is 7.90. The van der Waals surface area contributed by atoms with E-state index in [9.17, 15) is 13.2 Å². The van der Waals surface area contributed by atoms with Gasteiger partial charge in [0.25, 0.3) is 0 Å². The van der Waals surface area contributed by atoms with Gasteiger partial charge in [-0.05, 0) is 12.1 Å². The molecule has 0 fully saturated rings. The molecule has 0 radical (unpaired) electrons. The van der Waals surface area contributed by atoms with E-state index >= 15 is 0 Å². The average Bonchev–Trinajstić information content (AvgIpc) is 2.80. The first kappa shape index (κ1) is 14.7. The monoisotopic (exact) mass is 312 g/mol. The van der Waals surface area contributed by atoms with E-state index in [-0.39, 0.29) is 12.3 Å². The maximum absolute atomic E-state index is 11.1. The molecule has 5 nitrogen and oxygen atoms in total. The van der Waals surface area contributed by atoms with Gasteiger partial charge in [-0.3, -0.25) is 9.48 Å². The van der Waals surface area contributed by atoms with Crippen molar-refractivity contribution in [1.82, 2.24) is 9.78 Å². The maximum Gasteiger partial charge on any atom is 0.153 e. The van der Waals surface area contributed by atoms with Gasteiger partial charge >= 0.3 is 0 Å². The minimum Gasteiger partial charge on any atom is -0.298 e. The van der Waals surface area contributed by atoms with E-state index in [1.807, 2.05) is 0 Å². The Hall–Kier alpha value is -1.66. The lowest BCUT2D eigenvalue weighted by molar-refractivity contribution is 0.112. The largest absolute Gasteiger partial charge is 0.298 e. The summed E-state index contributed by atoms with van der Waals surface area (Å²) >= 11 is 5.82. The zero-order valence-corrected chi connectivity index (χ0v) is 12.4. The summed E-state index contributed by atoms with van der Waals surface area (Å²) in [6.07, 6.45) is 3.41. The number of benzene rings is 1. The molecule has 0 aliphatic heterocycles. The molecule has 0 aliphatic rings. The Morgan fingerprint density at radius 2 is 1.95 bits per heavy atom. The maximum atomic E-state index is 11.1. The lowest BCUT2D eigenvalue weighted by atomic mass is 10.1. The minimum atomic E-state index is -3.07. The van der Waals surface area contributed by atoms with Crippen molar-refractivity contribution in [2.75, 3.05) is 12.0 Å². The highest BCUT2D eigenvalue weighted by Crippen LogP contribution is 2.22. The summed E-state index contributed by atoms with van der Waals surface area (Å²) in [5.74, 6) is -0.0208. The Morgan fingerprint density at radius 1 is 1.30 bits per heavy atom. The molecule has 1 aromatic carbocycles. The van der Waals surface area contributed by atoms with Gasteiger partial charge in [-0.15, -0.1) is 0 Å². The number of nitrogens with zero attached hydrogens (tertiary/aromatic N) is 2.